The summed E-state index contributed by atoms with van der Waals surface area (Å²) < 4.78 is 11.1. The van der Waals surface area contributed by atoms with Crippen LogP contribution in [0.15, 0.2) is 42.5 Å². The molecule has 3 amide bonds. The summed E-state index contributed by atoms with van der Waals surface area (Å²) in [6, 6.07) is 12.7. The topological polar surface area (TPSA) is 97.0 Å². The Labute approximate surface area is 199 Å². The molecular formula is C26H31N3O5. The molecular weight excluding hydrogens is 434 g/mol. The van der Waals surface area contributed by atoms with E-state index in [9.17, 15) is 14.4 Å². The van der Waals surface area contributed by atoms with Gasteiger partial charge in [0.25, 0.3) is 5.91 Å². The lowest BCUT2D eigenvalue weighted by molar-refractivity contribution is -0.126. The van der Waals surface area contributed by atoms with Gasteiger partial charge in [0.2, 0.25) is 11.8 Å². The fourth-order valence-electron chi connectivity index (χ4n) is 4.24. The summed E-state index contributed by atoms with van der Waals surface area (Å²) in [6.07, 6.45) is 2.24. The van der Waals surface area contributed by atoms with Crippen LogP contribution in [0, 0.1) is 19.8 Å². The molecule has 2 aliphatic heterocycles. The molecule has 8 heteroatoms. The lowest BCUT2D eigenvalue weighted by Gasteiger charge is -2.18. The van der Waals surface area contributed by atoms with Crippen LogP contribution < -0.4 is 20.3 Å². The van der Waals surface area contributed by atoms with Crippen LogP contribution >= 0.6 is 0 Å². The van der Waals surface area contributed by atoms with Gasteiger partial charge in [0, 0.05) is 37.5 Å². The summed E-state index contributed by atoms with van der Waals surface area (Å²) in [5.74, 6) is -0.291. The second-order valence-electron chi connectivity index (χ2n) is 8.86. The van der Waals surface area contributed by atoms with Gasteiger partial charge < -0.3 is 25.0 Å². The maximum Gasteiger partial charge on any atom is 0.262 e. The van der Waals surface area contributed by atoms with Gasteiger partial charge in [-0.05, 0) is 68.1 Å². The van der Waals surface area contributed by atoms with Crippen LogP contribution in [0.4, 0.5) is 11.4 Å². The molecule has 2 heterocycles. The van der Waals surface area contributed by atoms with Crippen LogP contribution in [0.5, 0.6) is 5.75 Å². The molecule has 2 fully saturated rings. The molecule has 0 aromatic heterocycles. The third-order valence-electron chi connectivity index (χ3n) is 6.42. The number of hydrogen-bond acceptors (Lipinski definition) is 5. The summed E-state index contributed by atoms with van der Waals surface area (Å²) in [5.41, 5.74) is 3.60. The van der Waals surface area contributed by atoms with Crippen LogP contribution in [0.1, 0.15) is 30.4 Å². The van der Waals surface area contributed by atoms with E-state index in [4.69, 9.17) is 9.47 Å². The Bertz CT molecular complexity index is 1050. The Kier molecular flexibility index (Phi) is 7.47. The van der Waals surface area contributed by atoms with Gasteiger partial charge in [-0.15, -0.1) is 0 Å². The van der Waals surface area contributed by atoms with Gasteiger partial charge in [-0.2, -0.15) is 0 Å². The van der Waals surface area contributed by atoms with Gasteiger partial charge in [-0.1, -0.05) is 12.1 Å². The first-order valence-corrected chi connectivity index (χ1v) is 11.7. The van der Waals surface area contributed by atoms with Crippen LogP contribution in [0.3, 0.4) is 0 Å². The van der Waals surface area contributed by atoms with Crippen molar-refractivity contribution < 1.29 is 23.9 Å². The van der Waals surface area contributed by atoms with Gasteiger partial charge in [-0.25, -0.2) is 0 Å². The predicted octanol–water partition coefficient (Wildman–Crippen LogP) is 2.97. The van der Waals surface area contributed by atoms with E-state index in [0.29, 0.717) is 24.5 Å². The van der Waals surface area contributed by atoms with Crippen LogP contribution in [0.25, 0.3) is 0 Å². The Morgan fingerprint density at radius 2 is 1.94 bits per heavy atom. The zero-order chi connectivity index (χ0) is 24.1. The number of benzene rings is 2. The summed E-state index contributed by atoms with van der Waals surface area (Å²) in [4.78, 5) is 38.9. The summed E-state index contributed by atoms with van der Waals surface area (Å²) >= 11 is 0. The number of nitrogens with zero attached hydrogens (tertiary/aromatic N) is 1. The molecule has 8 nitrogen and oxygen atoms in total. The highest BCUT2D eigenvalue weighted by molar-refractivity contribution is 6.00. The Morgan fingerprint density at radius 1 is 1.15 bits per heavy atom. The van der Waals surface area contributed by atoms with E-state index in [2.05, 4.69) is 10.6 Å². The van der Waals surface area contributed by atoms with Gasteiger partial charge >= 0.3 is 0 Å². The average Bonchev–Trinajstić information content (AvgIpc) is 3.49. The van der Waals surface area contributed by atoms with E-state index in [-0.39, 0.29) is 42.8 Å². The molecule has 0 spiro atoms. The van der Waals surface area contributed by atoms with E-state index >= 15 is 0 Å². The molecule has 180 valence electrons. The van der Waals surface area contributed by atoms with Gasteiger partial charge in [0.15, 0.2) is 6.61 Å². The van der Waals surface area contributed by atoms with Crippen LogP contribution in [-0.4, -0.2) is 50.1 Å². The van der Waals surface area contributed by atoms with E-state index in [1.807, 2.05) is 32.0 Å². The molecule has 0 saturated carbocycles. The zero-order valence-corrected chi connectivity index (χ0v) is 19.6. The molecule has 4 rings (SSSR count). The first kappa shape index (κ1) is 23.8. The number of rotatable bonds is 8. The first-order chi connectivity index (χ1) is 16.4. The van der Waals surface area contributed by atoms with Crippen molar-refractivity contribution in [1.82, 2.24) is 5.32 Å². The van der Waals surface area contributed by atoms with E-state index < -0.39 is 0 Å². The monoisotopic (exact) mass is 465 g/mol. The Morgan fingerprint density at radius 3 is 2.68 bits per heavy atom. The predicted molar refractivity (Wildman–Crippen MR) is 129 cm³/mol. The van der Waals surface area contributed by atoms with Crippen molar-refractivity contribution in [3.63, 3.8) is 0 Å². The second-order valence-corrected chi connectivity index (χ2v) is 8.86. The number of anilines is 2. The number of carbonyl (C=O) groups excluding carboxylic acids is 3. The van der Waals surface area contributed by atoms with Crippen molar-refractivity contribution >= 4 is 29.1 Å². The molecule has 2 saturated heterocycles. The number of aryl methyl sites for hydroxylation is 1. The van der Waals surface area contributed by atoms with E-state index in [1.54, 1.807) is 29.2 Å². The van der Waals surface area contributed by atoms with Crippen molar-refractivity contribution in [1.29, 1.82) is 0 Å². The van der Waals surface area contributed by atoms with Crippen LogP contribution in [-0.2, 0) is 19.1 Å². The highest BCUT2D eigenvalue weighted by atomic mass is 16.5. The van der Waals surface area contributed by atoms with Crippen molar-refractivity contribution in [3.05, 3.63) is 53.6 Å². The normalized spacial score (nSPS) is 19.8. The number of amides is 3. The van der Waals surface area contributed by atoms with E-state index in [1.165, 1.54) is 0 Å². The average molecular weight is 466 g/mol. The quantitative estimate of drug-likeness (QED) is 0.625. The molecule has 34 heavy (non-hydrogen) atoms. The van der Waals surface area contributed by atoms with Crippen molar-refractivity contribution in [2.75, 3.05) is 36.5 Å². The fourth-order valence-corrected chi connectivity index (χ4v) is 4.24. The zero-order valence-electron chi connectivity index (χ0n) is 19.6. The highest BCUT2D eigenvalue weighted by Crippen LogP contribution is 2.27. The number of nitrogens with one attached hydrogen (secondary N) is 2. The molecule has 2 aromatic rings. The summed E-state index contributed by atoms with van der Waals surface area (Å²) in [6.45, 7) is 5.41. The first-order valence-electron chi connectivity index (χ1n) is 11.7. The van der Waals surface area contributed by atoms with Gasteiger partial charge in [0.05, 0.1) is 12.0 Å². The number of carbonyl (C=O) groups is 3. The van der Waals surface area contributed by atoms with Gasteiger partial charge in [0.1, 0.15) is 5.75 Å². The third kappa shape index (κ3) is 5.75. The summed E-state index contributed by atoms with van der Waals surface area (Å²) in [5, 5.41) is 5.78. The lowest BCUT2D eigenvalue weighted by Crippen LogP contribution is -2.37. The largest absolute Gasteiger partial charge is 0.484 e. The molecule has 0 bridgehead atoms. The lowest BCUT2D eigenvalue weighted by atomic mass is 10.1. The molecule has 0 aliphatic carbocycles. The molecule has 2 atom stereocenters. The molecule has 2 aliphatic rings. The molecule has 0 unspecified atom stereocenters. The second kappa shape index (κ2) is 10.7. The van der Waals surface area contributed by atoms with Crippen molar-refractivity contribution in [2.45, 2.75) is 39.2 Å². The third-order valence-corrected chi connectivity index (χ3v) is 6.42. The highest BCUT2D eigenvalue weighted by Gasteiger charge is 2.35. The molecule has 2 aromatic carbocycles. The maximum absolute atomic E-state index is 12.5. The summed E-state index contributed by atoms with van der Waals surface area (Å²) in [7, 11) is 0. The van der Waals surface area contributed by atoms with E-state index in [0.717, 1.165) is 36.3 Å². The smallest absolute Gasteiger partial charge is 0.262 e. The number of hydrogen-bond donors (Lipinski definition) is 2. The minimum Gasteiger partial charge on any atom is -0.484 e. The minimum absolute atomic E-state index is 0.0765. The minimum atomic E-state index is -0.376. The Balaban J connectivity index is 1.26. The SMILES string of the molecule is Cc1cccc(NC(=O)COc2ccc(N3C[C@H](C(=O)NC[C@H]4CCCO4)CC3=O)cc2)c1C. The number of ether oxygens (including phenoxy) is 2. The van der Waals surface area contributed by atoms with Crippen molar-refractivity contribution in [3.8, 4) is 5.75 Å². The molecule has 0 radical (unpaired) electrons. The Hall–Kier alpha value is -3.39. The van der Waals surface area contributed by atoms with Crippen molar-refractivity contribution in [2.24, 2.45) is 5.92 Å². The molecule has 2 N–H and O–H groups in total. The maximum atomic E-state index is 12.5. The standard InChI is InChI=1S/C26H31N3O5/c1-17-5-3-7-23(18(17)2)28-24(30)16-34-21-10-8-20(9-11-21)29-15-19(13-25(29)31)26(32)27-14-22-6-4-12-33-22/h3,5,7-11,19,22H,4,6,12-16H2,1-2H3,(H,27,32)(H,28,30)/t19-,22-/m1/s1. The fraction of sp³-hybridized carbons (Fsp3) is 0.423. The van der Waals surface area contributed by atoms with Crippen LogP contribution in [0.2, 0.25) is 0 Å². The van der Waals surface area contributed by atoms with Gasteiger partial charge in [-0.3, -0.25) is 14.4 Å².